The molecule has 5 aromatic rings. The minimum Gasteiger partial charge on any atom is -0.497 e. The number of nitrogens with zero attached hydrogens (tertiary/aromatic N) is 3. The Hall–Kier alpha value is -3.18. The highest BCUT2D eigenvalue weighted by atomic mass is 79.9. The fraction of sp³-hybridized carbons (Fsp3) is 0.0833. The predicted molar refractivity (Wildman–Crippen MR) is 121 cm³/mol. The summed E-state index contributed by atoms with van der Waals surface area (Å²) in [5.74, 6) is 0.834. The molecule has 0 atom stereocenters. The van der Waals surface area contributed by atoms with E-state index in [1.165, 1.54) is 0 Å². The predicted octanol–water partition coefficient (Wildman–Crippen LogP) is 6.32. The smallest absolute Gasteiger partial charge is 0.164 e. The number of aromatic nitrogens is 3. The van der Waals surface area contributed by atoms with Crippen molar-refractivity contribution in [2.45, 2.75) is 6.92 Å². The number of ether oxygens (including phenoxy) is 1. The van der Waals surface area contributed by atoms with Crippen LogP contribution < -0.4 is 4.74 Å². The van der Waals surface area contributed by atoms with Crippen molar-refractivity contribution in [1.82, 2.24) is 14.8 Å². The van der Waals surface area contributed by atoms with Crippen molar-refractivity contribution >= 4 is 37.9 Å². The highest BCUT2D eigenvalue weighted by molar-refractivity contribution is 9.10. The molecule has 0 aliphatic rings. The molecule has 0 amide bonds. The van der Waals surface area contributed by atoms with Gasteiger partial charge in [-0.15, -0.1) is 0 Å². The van der Waals surface area contributed by atoms with E-state index in [0.717, 1.165) is 54.7 Å². The van der Waals surface area contributed by atoms with E-state index in [9.17, 15) is 0 Å². The van der Waals surface area contributed by atoms with Gasteiger partial charge in [0, 0.05) is 15.4 Å². The third kappa shape index (κ3) is 2.98. The molecule has 2 aromatic heterocycles. The Morgan fingerprint density at radius 1 is 0.931 bits per heavy atom. The molecular formula is C24H18BrN3O. The standard InChI is InChI=1S/C24H18BrN3O/c1-15-22-23(16-8-11-19(29-2)12-9-16)20-14-17(25)10-13-21(20)26-24(22)28(27-15)18-6-4-3-5-7-18/h3-14H,1-2H3. The van der Waals surface area contributed by atoms with Gasteiger partial charge < -0.3 is 4.74 Å². The summed E-state index contributed by atoms with van der Waals surface area (Å²) in [6.07, 6.45) is 0. The van der Waals surface area contributed by atoms with Crippen LogP contribution >= 0.6 is 15.9 Å². The van der Waals surface area contributed by atoms with Crippen LogP contribution in [0.25, 0.3) is 38.8 Å². The first kappa shape index (κ1) is 17.9. The number of hydrogen-bond donors (Lipinski definition) is 0. The van der Waals surface area contributed by atoms with Crippen LogP contribution in [0.5, 0.6) is 5.75 Å². The zero-order valence-electron chi connectivity index (χ0n) is 16.1. The monoisotopic (exact) mass is 443 g/mol. The molecule has 29 heavy (non-hydrogen) atoms. The molecule has 2 heterocycles. The number of aryl methyl sites for hydroxylation is 1. The summed E-state index contributed by atoms with van der Waals surface area (Å²) >= 11 is 3.62. The number of halogens is 1. The van der Waals surface area contributed by atoms with Crippen molar-refractivity contribution in [2.75, 3.05) is 7.11 Å². The number of para-hydroxylation sites is 1. The molecule has 0 spiro atoms. The lowest BCUT2D eigenvalue weighted by atomic mass is 9.97. The molecule has 3 aromatic carbocycles. The number of pyridine rings is 1. The fourth-order valence-corrected chi connectivity index (χ4v) is 4.13. The third-order valence-corrected chi connectivity index (χ3v) is 5.61. The SMILES string of the molecule is COc1ccc(-c2c3cc(Br)ccc3nc3c2c(C)nn3-c2ccccc2)cc1. The first-order valence-electron chi connectivity index (χ1n) is 9.34. The molecule has 5 heteroatoms. The van der Waals surface area contributed by atoms with E-state index in [1.807, 2.05) is 66.2 Å². The summed E-state index contributed by atoms with van der Waals surface area (Å²) < 4.78 is 8.30. The Morgan fingerprint density at radius 3 is 2.41 bits per heavy atom. The van der Waals surface area contributed by atoms with Gasteiger partial charge in [-0.05, 0) is 55.0 Å². The Kier molecular flexibility index (Phi) is 4.32. The van der Waals surface area contributed by atoms with Crippen LogP contribution in [0, 0.1) is 6.92 Å². The molecule has 0 bridgehead atoms. The average molecular weight is 444 g/mol. The van der Waals surface area contributed by atoms with Crippen LogP contribution in [0.3, 0.4) is 0 Å². The van der Waals surface area contributed by atoms with Gasteiger partial charge in [-0.1, -0.05) is 46.3 Å². The molecule has 5 rings (SSSR count). The Morgan fingerprint density at radius 2 is 1.69 bits per heavy atom. The third-order valence-electron chi connectivity index (χ3n) is 5.12. The molecule has 0 aliphatic heterocycles. The van der Waals surface area contributed by atoms with Gasteiger partial charge in [-0.2, -0.15) is 5.10 Å². The van der Waals surface area contributed by atoms with Gasteiger partial charge in [0.15, 0.2) is 5.65 Å². The molecular weight excluding hydrogens is 426 g/mol. The van der Waals surface area contributed by atoms with Gasteiger partial charge in [0.25, 0.3) is 0 Å². The topological polar surface area (TPSA) is 39.9 Å². The summed E-state index contributed by atoms with van der Waals surface area (Å²) in [5, 5.41) is 6.99. The van der Waals surface area contributed by atoms with E-state index >= 15 is 0 Å². The summed E-state index contributed by atoms with van der Waals surface area (Å²) in [6, 6.07) is 24.5. The molecule has 0 unspecified atom stereocenters. The van der Waals surface area contributed by atoms with Gasteiger partial charge >= 0.3 is 0 Å². The first-order chi connectivity index (χ1) is 14.2. The van der Waals surface area contributed by atoms with E-state index in [-0.39, 0.29) is 0 Å². The van der Waals surface area contributed by atoms with E-state index in [4.69, 9.17) is 14.8 Å². The van der Waals surface area contributed by atoms with E-state index in [1.54, 1.807) is 7.11 Å². The molecule has 0 N–H and O–H groups in total. The highest BCUT2D eigenvalue weighted by Crippen LogP contribution is 2.38. The normalized spacial score (nSPS) is 11.3. The average Bonchev–Trinajstić information content (AvgIpc) is 3.09. The van der Waals surface area contributed by atoms with Crippen molar-refractivity contribution in [3.05, 3.63) is 83.0 Å². The lowest BCUT2D eigenvalue weighted by molar-refractivity contribution is 0.415. The summed E-state index contributed by atoms with van der Waals surface area (Å²) in [5.41, 5.74) is 5.97. The first-order valence-corrected chi connectivity index (χ1v) is 10.1. The van der Waals surface area contributed by atoms with Crippen molar-refractivity contribution in [2.24, 2.45) is 0 Å². The molecule has 4 nitrogen and oxygen atoms in total. The Bertz CT molecular complexity index is 1340. The quantitative estimate of drug-likeness (QED) is 0.327. The summed E-state index contributed by atoms with van der Waals surface area (Å²) in [4.78, 5) is 4.99. The minimum atomic E-state index is 0.834. The van der Waals surface area contributed by atoms with Crippen LogP contribution in [0.1, 0.15) is 5.69 Å². The lowest BCUT2D eigenvalue weighted by Gasteiger charge is -2.11. The number of rotatable bonds is 3. The molecule has 0 fully saturated rings. The fourth-order valence-electron chi connectivity index (χ4n) is 3.77. The summed E-state index contributed by atoms with van der Waals surface area (Å²) in [7, 11) is 1.68. The molecule has 0 saturated heterocycles. The van der Waals surface area contributed by atoms with Crippen molar-refractivity contribution in [1.29, 1.82) is 0 Å². The van der Waals surface area contributed by atoms with E-state index < -0.39 is 0 Å². The van der Waals surface area contributed by atoms with Gasteiger partial charge in [-0.3, -0.25) is 0 Å². The van der Waals surface area contributed by atoms with Crippen molar-refractivity contribution in [3.8, 4) is 22.6 Å². The van der Waals surface area contributed by atoms with Crippen LogP contribution in [0.15, 0.2) is 77.3 Å². The van der Waals surface area contributed by atoms with Gasteiger partial charge in [0.2, 0.25) is 0 Å². The number of hydrogen-bond acceptors (Lipinski definition) is 3. The van der Waals surface area contributed by atoms with Crippen molar-refractivity contribution < 1.29 is 4.74 Å². The van der Waals surface area contributed by atoms with Crippen LogP contribution in [-0.2, 0) is 0 Å². The summed E-state index contributed by atoms with van der Waals surface area (Å²) in [6.45, 7) is 2.04. The lowest BCUT2D eigenvalue weighted by Crippen LogP contribution is -1.98. The number of fused-ring (bicyclic) bond motifs is 2. The van der Waals surface area contributed by atoms with Crippen LogP contribution in [-0.4, -0.2) is 21.9 Å². The molecule has 0 saturated carbocycles. The Labute approximate surface area is 176 Å². The second kappa shape index (κ2) is 7.01. The highest BCUT2D eigenvalue weighted by Gasteiger charge is 2.19. The number of benzene rings is 3. The van der Waals surface area contributed by atoms with E-state index in [2.05, 4.69) is 34.1 Å². The largest absolute Gasteiger partial charge is 0.497 e. The molecule has 0 radical (unpaired) electrons. The maximum atomic E-state index is 5.35. The second-order valence-electron chi connectivity index (χ2n) is 6.91. The van der Waals surface area contributed by atoms with Crippen molar-refractivity contribution in [3.63, 3.8) is 0 Å². The zero-order valence-corrected chi connectivity index (χ0v) is 17.6. The minimum absolute atomic E-state index is 0.834. The zero-order chi connectivity index (χ0) is 20.0. The maximum Gasteiger partial charge on any atom is 0.164 e. The molecule has 0 aliphatic carbocycles. The van der Waals surface area contributed by atoms with Crippen LogP contribution in [0.4, 0.5) is 0 Å². The van der Waals surface area contributed by atoms with Gasteiger partial charge in [-0.25, -0.2) is 9.67 Å². The second-order valence-corrected chi connectivity index (χ2v) is 7.82. The molecule has 142 valence electrons. The number of methoxy groups -OCH3 is 1. The van der Waals surface area contributed by atoms with Gasteiger partial charge in [0.05, 0.1) is 29.4 Å². The van der Waals surface area contributed by atoms with E-state index in [0.29, 0.717) is 0 Å². The van der Waals surface area contributed by atoms with Crippen LogP contribution in [0.2, 0.25) is 0 Å². The maximum absolute atomic E-state index is 5.35. The van der Waals surface area contributed by atoms with Gasteiger partial charge in [0.1, 0.15) is 5.75 Å². The Balaban J connectivity index is 1.91.